The van der Waals surface area contributed by atoms with Crippen molar-refractivity contribution in [1.82, 2.24) is 4.98 Å². The standard InChI is InChI=1S/C18H17NO2/c1-18(12-17(20)21,14-8-3-2-4-9-14)16-11-13-7-5-6-10-15(13)19-16/h2-11,19H,12H2,1H3,(H,20,21). The van der Waals surface area contributed by atoms with E-state index >= 15 is 0 Å². The monoisotopic (exact) mass is 279 g/mol. The molecule has 1 aromatic heterocycles. The van der Waals surface area contributed by atoms with Gasteiger partial charge < -0.3 is 10.1 Å². The van der Waals surface area contributed by atoms with E-state index in [2.05, 4.69) is 4.98 Å². The first-order chi connectivity index (χ1) is 10.1. The van der Waals surface area contributed by atoms with Crippen molar-refractivity contribution in [3.8, 4) is 0 Å². The zero-order chi connectivity index (χ0) is 14.9. The predicted octanol–water partition coefficient (Wildman–Crippen LogP) is 3.95. The number of carbonyl (C=O) groups is 1. The van der Waals surface area contributed by atoms with E-state index in [0.29, 0.717) is 0 Å². The molecule has 0 radical (unpaired) electrons. The average molecular weight is 279 g/mol. The van der Waals surface area contributed by atoms with E-state index in [-0.39, 0.29) is 6.42 Å². The van der Waals surface area contributed by atoms with Gasteiger partial charge in [-0.3, -0.25) is 4.79 Å². The third-order valence-corrected chi connectivity index (χ3v) is 4.04. The molecule has 3 nitrogen and oxygen atoms in total. The molecule has 3 rings (SSSR count). The van der Waals surface area contributed by atoms with Gasteiger partial charge in [-0.2, -0.15) is 0 Å². The highest BCUT2D eigenvalue weighted by Crippen LogP contribution is 2.36. The Kier molecular flexibility index (Phi) is 3.26. The number of carboxylic acid groups (broad SMARTS) is 1. The Labute approximate surface area is 123 Å². The third kappa shape index (κ3) is 2.42. The minimum Gasteiger partial charge on any atom is -0.481 e. The largest absolute Gasteiger partial charge is 0.481 e. The Balaban J connectivity index is 2.17. The van der Waals surface area contributed by atoms with Crippen LogP contribution in [0.3, 0.4) is 0 Å². The van der Waals surface area contributed by atoms with Crippen LogP contribution in [0.5, 0.6) is 0 Å². The molecule has 0 aliphatic heterocycles. The highest BCUT2D eigenvalue weighted by molar-refractivity contribution is 5.81. The van der Waals surface area contributed by atoms with E-state index in [4.69, 9.17) is 0 Å². The maximum absolute atomic E-state index is 11.4. The number of benzene rings is 2. The van der Waals surface area contributed by atoms with Gasteiger partial charge in [-0.25, -0.2) is 0 Å². The van der Waals surface area contributed by atoms with Gasteiger partial charge in [0.25, 0.3) is 0 Å². The van der Waals surface area contributed by atoms with Crippen LogP contribution in [0.15, 0.2) is 60.7 Å². The molecule has 3 heteroatoms. The van der Waals surface area contributed by atoms with Crippen molar-refractivity contribution in [3.63, 3.8) is 0 Å². The van der Waals surface area contributed by atoms with E-state index < -0.39 is 11.4 Å². The van der Waals surface area contributed by atoms with Crippen LogP contribution in [0.2, 0.25) is 0 Å². The Morgan fingerprint density at radius 2 is 1.76 bits per heavy atom. The summed E-state index contributed by atoms with van der Waals surface area (Å²) in [6.07, 6.45) is 0.0455. The van der Waals surface area contributed by atoms with Gasteiger partial charge in [-0.1, -0.05) is 48.5 Å². The number of aromatic nitrogens is 1. The van der Waals surface area contributed by atoms with Crippen molar-refractivity contribution in [2.45, 2.75) is 18.8 Å². The van der Waals surface area contributed by atoms with Crippen LogP contribution in [-0.4, -0.2) is 16.1 Å². The lowest BCUT2D eigenvalue weighted by atomic mass is 9.76. The number of rotatable bonds is 4. The van der Waals surface area contributed by atoms with Crippen LogP contribution in [0.25, 0.3) is 10.9 Å². The number of para-hydroxylation sites is 1. The van der Waals surface area contributed by atoms with Gasteiger partial charge in [0.05, 0.1) is 6.42 Å². The molecule has 2 aromatic carbocycles. The third-order valence-electron chi connectivity index (χ3n) is 4.04. The van der Waals surface area contributed by atoms with Crippen LogP contribution in [0.1, 0.15) is 24.6 Å². The molecule has 3 aromatic rings. The van der Waals surface area contributed by atoms with Gasteiger partial charge in [0.2, 0.25) is 0 Å². The fourth-order valence-corrected chi connectivity index (χ4v) is 2.83. The lowest BCUT2D eigenvalue weighted by Gasteiger charge is -2.27. The molecular weight excluding hydrogens is 262 g/mol. The first-order valence-corrected chi connectivity index (χ1v) is 6.95. The molecule has 1 heterocycles. The molecule has 1 unspecified atom stereocenters. The van der Waals surface area contributed by atoms with Gasteiger partial charge in [0.15, 0.2) is 0 Å². The topological polar surface area (TPSA) is 53.1 Å². The van der Waals surface area contributed by atoms with Gasteiger partial charge >= 0.3 is 5.97 Å². The lowest BCUT2D eigenvalue weighted by Crippen LogP contribution is -2.27. The zero-order valence-electron chi connectivity index (χ0n) is 11.8. The molecule has 0 bridgehead atoms. The normalized spacial score (nSPS) is 14.0. The summed E-state index contributed by atoms with van der Waals surface area (Å²) < 4.78 is 0. The van der Waals surface area contributed by atoms with Crippen LogP contribution in [-0.2, 0) is 10.2 Å². The van der Waals surface area contributed by atoms with Crippen molar-refractivity contribution in [3.05, 3.63) is 71.9 Å². The van der Waals surface area contributed by atoms with E-state index in [9.17, 15) is 9.90 Å². The van der Waals surface area contributed by atoms with Gasteiger partial charge in [-0.15, -0.1) is 0 Å². The Bertz CT molecular complexity index is 743. The van der Waals surface area contributed by atoms with Crippen molar-refractivity contribution >= 4 is 16.9 Å². The number of hydrogen-bond donors (Lipinski definition) is 2. The van der Waals surface area contributed by atoms with Crippen LogP contribution >= 0.6 is 0 Å². The summed E-state index contributed by atoms with van der Waals surface area (Å²) >= 11 is 0. The molecule has 0 saturated carbocycles. The lowest BCUT2D eigenvalue weighted by molar-refractivity contribution is -0.138. The number of aromatic amines is 1. The first kappa shape index (κ1) is 13.4. The summed E-state index contributed by atoms with van der Waals surface area (Å²) in [4.78, 5) is 14.7. The molecule has 0 aliphatic carbocycles. The summed E-state index contributed by atoms with van der Waals surface area (Å²) in [6.45, 7) is 1.97. The Hall–Kier alpha value is -2.55. The van der Waals surface area contributed by atoms with Crippen LogP contribution < -0.4 is 0 Å². The smallest absolute Gasteiger partial charge is 0.304 e. The highest BCUT2D eigenvalue weighted by atomic mass is 16.4. The molecular formula is C18H17NO2. The fourth-order valence-electron chi connectivity index (χ4n) is 2.83. The van der Waals surface area contributed by atoms with Gasteiger partial charge in [0, 0.05) is 16.6 Å². The average Bonchev–Trinajstić information content (AvgIpc) is 2.92. The van der Waals surface area contributed by atoms with Crippen molar-refractivity contribution in [1.29, 1.82) is 0 Å². The highest BCUT2D eigenvalue weighted by Gasteiger charge is 2.33. The second-order valence-electron chi connectivity index (χ2n) is 5.54. The number of fused-ring (bicyclic) bond motifs is 1. The maximum Gasteiger partial charge on any atom is 0.304 e. The van der Waals surface area contributed by atoms with E-state index in [1.54, 1.807) is 0 Å². The summed E-state index contributed by atoms with van der Waals surface area (Å²) in [6, 6.07) is 19.8. The molecule has 0 fully saturated rings. The summed E-state index contributed by atoms with van der Waals surface area (Å²) in [5.41, 5.74) is 2.38. The minimum atomic E-state index is -0.806. The predicted molar refractivity (Wildman–Crippen MR) is 83.4 cm³/mol. The second-order valence-corrected chi connectivity index (χ2v) is 5.54. The molecule has 0 aliphatic rings. The SMILES string of the molecule is CC(CC(=O)O)(c1ccccc1)c1cc2ccccc2[nH]1. The summed E-state index contributed by atoms with van der Waals surface area (Å²) in [5.74, 6) is -0.806. The molecule has 0 amide bonds. The van der Waals surface area contributed by atoms with E-state index in [1.807, 2.05) is 67.6 Å². The van der Waals surface area contributed by atoms with Crippen molar-refractivity contribution in [2.24, 2.45) is 0 Å². The number of H-pyrrole nitrogens is 1. The molecule has 2 N–H and O–H groups in total. The molecule has 1 atom stereocenters. The second kappa shape index (κ2) is 5.09. The van der Waals surface area contributed by atoms with Crippen LogP contribution in [0.4, 0.5) is 0 Å². The fraction of sp³-hybridized carbons (Fsp3) is 0.167. The zero-order valence-corrected chi connectivity index (χ0v) is 11.8. The molecule has 0 spiro atoms. The number of nitrogens with one attached hydrogen (secondary N) is 1. The quantitative estimate of drug-likeness (QED) is 0.759. The van der Waals surface area contributed by atoms with Gasteiger partial charge in [0.1, 0.15) is 0 Å². The Morgan fingerprint density at radius 3 is 2.43 bits per heavy atom. The van der Waals surface area contributed by atoms with Crippen molar-refractivity contribution in [2.75, 3.05) is 0 Å². The minimum absolute atomic E-state index is 0.0455. The van der Waals surface area contributed by atoms with E-state index in [0.717, 1.165) is 22.2 Å². The van der Waals surface area contributed by atoms with Crippen LogP contribution in [0, 0.1) is 0 Å². The Morgan fingerprint density at radius 1 is 1.10 bits per heavy atom. The number of aliphatic carboxylic acids is 1. The number of hydrogen-bond acceptors (Lipinski definition) is 1. The van der Waals surface area contributed by atoms with Gasteiger partial charge in [-0.05, 0) is 30.0 Å². The number of carboxylic acids is 1. The first-order valence-electron chi connectivity index (χ1n) is 6.95. The summed E-state index contributed by atoms with van der Waals surface area (Å²) in [7, 11) is 0. The molecule has 0 saturated heterocycles. The molecule has 106 valence electrons. The maximum atomic E-state index is 11.4. The molecule has 21 heavy (non-hydrogen) atoms. The van der Waals surface area contributed by atoms with E-state index in [1.165, 1.54) is 0 Å². The summed E-state index contributed by atoms with van der Waals surface area (Å²) in [5, 5.41) is 10.4. The van der Waals surface area contributed by atoms with Crippen molar-refractivity contribution < 1.29 is 9.90 Å².